The number of aromatic nitrogens is 2. The SMILES string of the molecule is C=CC(=O)N1CCN(c2nc(OC[C@@H]3CCCN3C)nc3c2CC[C@]2(CC[C@H](C)c4ccccc42)O3)C[C@@H]1CC#N. The van der Waals surface area contributed by atoms with Crippen molar-refractivity contribution in [1.29, 1.82) is 5.26 Å². The molecule has 2 aromatic rings. The van der Waals surface area contributed by atoms with E-state index in [1.807, 2.05) is 0 Å². The minimum absolute atomic E-state index is 0.144. The number of likely N-dealkylation sites (N-methyl/N-ethyl adjacent to an activating group) is 1. The molecule has 1 aliphatic carbocycles. The van der Waals surface area contributed by atoms with E-state index in [2.05, 4.69) is 60.7 Å². The van der Waals surface area contributed by atoms with Gasteiger partial charge in [0, 0.05) is 25.7 Å². The molecular formula is C32H40N6O3. The number of likely N-dealkylation sites (tertiary alicyclic amines) is 1. The highest BCUT2D eigenvalue weighted by Crippen LogP contribution is 2.50. The van der Waals surface area contributed by atoms with Crippen LogP contribution in [0.15, 0.2) is 36.9 Å². The third-order valence-corrected chi connectivity index (χ3v) is 9.60. The molecule has 0 unspecified atom stereocenters. The summed E-state index contributed by atoms with van der Waals surface area (Å²) in [6.45, 7) is 9.15. The zero-order valence-corrected chi connectivity index (χ0v) is 24.2. The van der Waals surface area contributed by atoms with Crippen molar-refractivity contribution in [2.45, 2.75) is 75.5 Å². The number of nitrogens with zero attached hydrogens (tertiary/aromatic N) is 6. The molecule has 41 heavy (non-hydrogen) atoms. The summed E-state index contributed by atoms with van der Waals surface area (Å²) in [6.07, 6.45) is 7.48. The fourth-order valence-corrected chi connectivity index (χ4v) is 7.17. The Morgan fingerprint density at radius 2 is 2.07 bits per heavy atom. The van der Waals surface area contributed by atoms with Crippen molar-refractivity contribution in [3.63, 3.8) is 0 Å². The molecule has 216 valence electrons. The molecule has 9 heteroatoms. The number of fused-ring (bicyclic) bond motifs is 3. The van der Waals surface area contributed by atoms with E-state index in [1.165, 1.54) is 17.2 Å². The lowest BCUT2D eigenvalue weighted by Gasteiger charge is -2.45. The maximum atomic E-state index is 12.5. The van der Waals surface area contributed by atoms with Crippen LogP contribution < -0.4 is 14.4 Å². The molecule has 2 saturated heterocycles. The Morgan fingerprint density at radius 3 is 2.85 bits per heavy atom. The van der Waals surface area contributed by atoms with Crippen LogP contribution in [0.2, 0.25) is 0 Å². The van der Waals surface area contributed by atoms with Crippen molar-refractivity contribution in [3.05, 3.63) is 53.6 Å². The highest BCUT2D eigenvalue weighted by atomic mass is 16.5. The lowest BCUT2D eigenvalue weighted by molar-refractivity contribution is -0.128. The van der Waals surface area contributed by atoms with E-state index in [9.17, 15) is 10.1 Å². The summed E-state index contributed by atoms with van der Waals surface area (Å²) < 4.78 is 13.2. The van der Waals surface area contributed by atoms with Crippen molar-refractivity contribution < 1.29 is 14.3 Å². The first kappa shape index (κ1) is 27.5. The van der Waals surface area contributed by atoms with Crippen LogP contribution in [-0.4, -0.2) is 77.6 Å². The standard InChI is InChI=1S/C32H40N6O3/c1-4-28(39)38-19-18-37(20-23(38)13-16-33)29-26-12-15-32(14-11-22(2)25-9-5-6-10-27(25)32)41-30(26)35-31(34-29)40-21-24-8-7-17-36(24)3/h4-6,9-10,22-24H,1,7-8,11-15,17-21H2,2-3H3/t22-,23-,24-,32-/m0/s1. The van der Waals surface area contributed by atoms with Crippen molar-refractivity contribution >= 4 is 11.7 Å². The molecular weight excluding hydrogens is 516 g/mol. The highest BCUT2D eigenvalue weighted by Gasteiger charge is 2.45. The summed E-state index contributed by atoms with van der Waals surface area (Å²) in [5.74, 6) is 1.75. The molecule has 1 spiro atoms. The molecule has 3 aliphatic heterocycles. The number of hydrogen-bond donors (Lipinski definition) is 0. The first-order valence-electron chi connectivity index (χ1n) is 15.0. The smallest absolute Gasteiger partial charge is 0.321 e. The van der Waals surface area contributed by atoms with Gasteiger partial charge < -0.3 is 24.2 Å². The predicted molar refractivity (Wildman–Crippen MR) is 156 cm³/mol. The number of carbonyl (C=O) groups is 1. The zero-order chi connectivity index (χ0) is 28.6. The van der Waals surface area contributed by atoms with Gasteiger partial charge in [-0.05, 0) is 75.2 Å². The topological polar surface area (TPSA) is 94.8 Å². The van der Waals surface area contributed by atoms with E-state index in [-0.39, 0.29) is 18.4 Å². The molecule has 0 bridgehead atoms. The van der Waals surface area contributed by atoms with Crippen molar-refractivity contribution in [2.24, 2.45) is 0 Å². The van der Waals surface area contributed by atoms with Gasteiger partial charge in [-0.15, -0.1) is 0 Å². The molecule has 0 saturated carbocycles. The summed E-state index contributed by atoms with van der Waals surface area (Å²) in [5.41, 5.74) is 3.20. The lowest BCUT2D eigenvalue weighted by atomic mass is 9.71. The predicted octanol–water partition coefficient (Wildman–Crippen LogP) is 4.18. The number of amides is 1. The van der Waals surface area contributed by atoms with E-state index in [0.717, 1.165) is 56.5 Å². The van der Waals surface area contributed by atoms with Crippen LogP contribution in [0.25, 0.3) is 0 Å². The Kier molecular flexibility index (Phi) is 7.60. The zero-order valence-electron chi connectivity index (χ0n) is 24.2. The maximum Gasteiger partial charge on any atom is 0.321 e. The van der Waals surface area contributed by atoms with Gasteiger partial charge in [0.25, 0.3) is 0 Å². The van der Waals surface area contributed by atoms with Crippen LogP contribution >= 0.6 is 0 Å². The van der Waals surface area contributed by atoms with Crippen molar-refractivity contribution in [1.82, 2.24) is 19.8 Å². The van der Waals surface area contributed by atoms with Crippen LogP contribution in [0.1, 0.15) is 68.1 Å². The normalized spacial score (nSPS) is 27.5. The molecule has 0 N–H and O–H groups in total. The quantitative estimate of drug-likeness (QED) is 0.489. The van der Waals surface area contributed by atoms with Gasteiger partial charge in [0.05, 0.1) is 24.1 Å². The molecule has 1 aromatic heterocycles. The fourth-order valence-electron chi connectivity index (χ4n) is 7.17. The molecule has 4 heterocycles. The number of nitriles is 1. The highest BCUT2D eigenvalue weighted by molar-refractivity contribution is 5.87. The summed E-state index contributed by atoms with van der Waals surface area (Å²) in [6, 6.07) is 11.4. The van der Waals surface area contributed by atoms with Crippen LogP contribution in [0.3, 0.4) is 0 Å². The van der Waals surface area contributed by atoms with Gasteiger partial charge in [-0.1, -0.05) is 37.8 Å². The monoisotopic (exact) mass is 556 g/mol. The Morgan fingerprint density at radius 1 is 1.22 bits per heavy atom. The summed E-state index contributed by atoms with van der Waals surface area (Å²) in [4.78, 5) is 28.6. The number of rotatable bonds is 6. The molecule has 9 nitrogen and oxygen atoms in total. The second-order valence-electron chi connectivity index (χ2n) is 12.0. The number of piperazine rings is 1. The minimum Gasteiger partial charge on any atom is -0.466 e. The van der Waals surface area contributed by atoms with Gasteiger partial charge >= 0.3 is 6.01 Å². The first-order chi connectivity index (χ1) is 19.9. The van der Waals surface area contributed by atoms with Crippen LogP contribution in [0.4, 0.5) is 5.82 Å². The second kappa shape index (κ2) is 11.3. The van der Waals surface area contributed by atoms with E-state index in [4.69, 9.17) is 19.4 Å². The molecule has 0 radical (unpaired) electrons. The van der Waals surface area contributed by atoms with Crippen LogP contribution in [0.5, 0.6) is 11.9 Å². The third kappa shape index (κ3) is 5.14. The van der Waals surface area contributed by atoms with Gasteiger partial charge in [-0.3, -0.25) is 4.79 Å². The second-order valence-corrected chi connectivity index (χ2v) is 12.0. The van der Waals surface area contributed by atoms with Crippen molar-refractivity contribution in [3.8, 4) is 18.0 Å². The molecule has 1 amide bonds. The Balaban J connectivity index is 1.35. The van der Waals surface area contributed by atoms with Gasteiger partial charge in [-0.25, -0.2) is 0 Å². The molecule has 4 aliphatic rings. The third-order valence-electron chi connectivity index (χ3n) is 9.60. The van der Waals surface area contributed by atoms with E-state index < -0.39 is 5.60 Å². The Hall–Kier alpha value is -3.64. The Labute approximate surface area is 242 Å². The average molecular weight is 557 g/mol. The molecule has 4 atom stereocenters. The first-order valence-corrected chi connectivity index (χ1v) is 15.0. The van der Waals surface area contributed by atoms with Crippen LogP contribution in [-0.2, 0) is 16.8 Å². The maximum absolute atomic E-state index is 12.5. The van der Waals surface area contributed by atoms with E-state index in [0.29, 0.717) is 50.1 Å². The summed E-state index contributed by atoms with van der Waals surface area (Å²) in [7, 11) is 2.13. The van der Waals surface area contributed by atoms with Gasteiger partial charge in [0.1, 0.15) is 18.0 Å². The van der Waals surface area contributed by atoms with Crippen molar-refractivity contribution in [2.75, 3.05) is 44.7 Å². The molecule has 6 rings (SSSR count). The molecule has 1 aromatic carbocycles. The number of carbonyl (C=O) groups excluding carboxylic acids is 1. The number of anilines is 1. The molecule has 2 fully saturated rings. The summed E-state index contributed by atoms with van der Waals surface area (Å²) in [5, 5.41) is 9.52. The lowest BCUT2D eigenvalue weighted by Crippen LogP contribution is -2.55. The summed E-state index contributed by atoms with van der Waals surface area (Å²) >= 11 is 0. The fraction of sp³-hybridized carbons (Fsp3) is 0.562. The van der Waals surface area contributed by atoms with Gasteiger partial charge in [0.15, 0.2) is 0 Å². The van der Waals surface area contributed by atoms with E-state index >= 15 is 0 Å². The number of hydrogen-bond acceptors (Lipinski definition) is 8. The van der Waals surface area contributed by atoms with Gasteiger partial charge in [-0.2, -0.15) is 15.2 Å². The number of ether oxygens (including phenoxy) is 2. The minimum atomic E-state index is -0.414. The largest absolute Gasteiger partial charge is 0.466 e. The van der Waals surface area contributed by atoms with Crippen LogP contribution in [0, 0.1) is 11.3 Å². The van der Waals surface area contributed by atoms with Gasteiger partial charge in [0.2, 0.25) is 11.8 Å². The average Bonchev–Trinajstić information content (AvgIpc) is 3.41. The Bertz CT molecular complexity index is 1360. The number of benzene rings is 1. The van der Waals surface area contributed by atoms with E-state index in [1.54, 1.807) is 4.90 Å².